The molecular weight excluding hydrogens is 390 g/mol. The number of Topliss-reactive ketones (excluding diaryl/α,β-unsaturated/α-hetero) is 2. The lowest BCUT2D eigenvalue weighted by Crippen LogP contribution is -2.60. The Morgan fingerprint density at radius 3 is 2.63 bits per heavy atom. The lowest BCUT2D eigenvalue weighted by molar-refractivity contribution is -0.160. The third-order valence-corrected chi connectivity index (χ3v) is 5.77. The van der Waals surface area contributed by atoms with Gasteiger partial charge in [-0.2, -0.15) is 0 Å². The van der Waals surface area contributed by atoms with E-state index in [-0.39, 0.29) is 23.0 Å². The average Bonchev–Trinajstić information content (AvgIpc) is 3.44. The fourth-order valence-corrected chi connectivity index (χ4v) is 4.02. The van der Waals surface area contributed by atoms with Crippen LogP contribution >= 0.6 is 0 Å². The van der Waals surface area contributed by atoms with E-state index in [1.807, 2.05) is 19.1 Å². The first-order valence-corrected chi connectivity index (χ1v) is 9.75. The van der Waals surface area contributed by atoms with Crippen molar-refractivity contribution >= 4 is 17.5 Å². The van der Waals surface area contributed by atoms with E-state index in [0.717, 1.165) is 6.42 Å². The fraction of sp³-hybridized carbons (Fsp3) is 0.409. The first kappa shape index (κ1) is 20.5. The number of aliphatic hydroxyl groups is 1. The zero-order valence-corrected chi connectivity index (χ0v) is 16.9. The van der Waals surface area contributed by atoms with Gasteiger partial charge < -0.3 is 24.6 Å². The first-order chi connectivity index (χ1) is 14.3. The standard InChI is InChI=1S/C22H23NO7/c1-4-5-11-14-16(29-14)15-12(2)17(24)21(30-15)19(26)22(28-3,23-20(21)27)18(25)13-9-7-6-8-10-13/h5-11,14,16,19,26H,4H2,1-3H3,(H,23,27)/b11-5-/t14-,16+,19+,21+,22+/m0/s1. The molecule has 0 unspecified atom stereocenters. The number of hydrogen-bond donors (Lipinski definition) is 2. The minimum absolute atomic E-state index is 0.181. The average molecular weight is 413 g/mol. The maximum Gasteiger partial charge on any atom is 0.278 e. The second kappa shape index (κ2) is 7.16. The predicted octanol–water partition coefficient (Wildman–Crippen LogP) is 1.05. The van der Waals surface area contributed by atoms with E-state index in [9.17, 15) is 19.5 Å². The third-order valence-electron chi connectivity index (χ3n) is 5.77. The van der Waals surface area contributed by atoms with Gasteiger partial charge in [0, 0.05) is 18.2 Å². The molecule has 2 saturated heterocycles. The van der Waals surface area contributed by atoms with Crippen LogP contribution in [0.1, 0.15) is 30.6 Å². The maximum absolute atomic E-state index is 13.2. The van der Waals surface area contributed by atoms with E-state index in [4.69, 9.17) is 14.2 Å². The van der Waals surface area contributed by atoms with Crippen LogP contribution in [-0.4, -0.2) is 59.3 Å². The zero-order valence-electron chi connectivity index (χ0n) is 16.9. The van der Waals surface area contributed by atoms with Gasteiger partial charge in [-0.3, -0.25) is 14.4 Å². The molecule has 0 aliphatic carbocycles. The summed E-state index contributed by atoms with van der Waals surface area (Å²) >= 11 is 0. The van der Waals surface area contributed by atoms with Gasteiger partial charge in [0.25, 0.3) is 11.5 Å². The van der Waals surface area contributed by atoms with Crippen molar-refractivity contribution in [1.82, 2.24) is 5.32 Å². The highest BCUT2D eigenvalue weighted by molar-refractivity contribution is 6.23. The molecule has 1 amide bonds. The molecule has 3 heterocycles. The summed E-state index contributed by atoms with van der Waals surface area (Å²) in [5.74, 6) is -2.13. The van der Waals surface area contributed by atoms with Gasteiger partial charge >= 0.3 is 0 Å². The van der Waals surface area contributed by atoms with Gasteiger partial charge in [-0.25, -0.2) is 0 Å². The second-order valence-electron chi connectivity index (χ2n) is 7.51. The molecule has 3 aliphatic rings. The largest absolute Gasteiger partial charge is 0.467 e. The molecule has 0 aromatic heterocycles. The molecule has 1 spiro atoms. The van der Waals surface area contributed by atoms with Crippen LogP contribution < -0.4 is 5.32 Å². The summed E-state index contributed by atoms with van der Waals surface area (Å²) in [6.07, 6.45) is 1.92. The van der Waals surface area contributed by atoms with Crippen molar-refractivity contribution in [1.29, 1.82) is 0 Å². The molecule has 4 rings (SSSR count). The number of ether oxygens (including phenoxy) is 3. The summed E-state index contributed by atoms with van der Waals surface area (Å²) in [6, 6.07) is 8.07. The van der Waals surface area contributed by atoms with Crippen LogP contribution in [0.5, 0.6) is 0 Å². The predicted molar refractivity (Wildman–Crippen MR) is 104 cm³/mol. The SMILES string of the molecule is CC/C=C\[C@@H]1O[C@H]1C1=C(C)C(=O)[C@]2(O1)C(=O)N[C@@](OC)(C(=O)c1ccccc1)[C@@H]2O. The second-order valence-corrected chi connectivity index (χ2v) is 7.51. The lowest BCUT2D eigenvalue weighted by Gasteiger charge is -2.32. The number of rotatable bonds is 6. The molecule has 1 aromatic rings. The Hall–Kier alpha value is -2.81. The smallest absolute Gasteiger partial charge is 0.278 e. The number of carbonyl (C=O) groups excluding carboxylic acids is 3. The number of aliphatic hydroxyl groups excluding tert-OH is 1. The highest BCUT2D eigenvalue weighted by atomic mass is 16.6. The number of epoxide rings is 1. The number of benzene rings is 1. The van der Waals surface area contributed by atoms with Gasteiger partial charge in [0.1, 0.15) is 18.0 Å². The molecule has 0 radical (unpaired) electrons. The van der Waals surface area contributed by atoms with Crippen LogP contribution in [0.25, 0.3) is 0 Å². The number of ketones is 2. The monoisotopic (exact) mass is 413 g/mol. The Balaban J connectivity index is 1.67. The van der Waals surface area contributed by atoms with Crippen LogP contribution in [0.3, 0.4) is 0 Å². The Morgan fingerprint density at radius 2 is 2.00 bits per heavy atom. The Kier molecular flexibility index (Phi) is 4.88. The van der Waals surface area contributed by atoms with Gasteiger partial charge in [-0.1, -0.05) is 49.4 Å². The fourth-order valence-electron chi connectivity index (χ4n) is 4.02. The van der Waals surface area contributed by atoms with E-state index < -0.39 is 41.0 Å². The molecule has 8 nitrogen and oxygen atoms in total. The summed E-state index contributed by atoms with van der Waals surface area (Å²) in [5, 5.41) is 13.5. The minimum atomic E-state index is -2.30. The highest BCUT2D eigenvalue weighted by Gasteiger charge is 2.74. The van der Waals surface area contributed by atoms with Gasteiger partial charge in [-0.05, 0) is 13.3 Å². The molecule has 0 bridgehead atoms. The third kappa shape index (κ3) is 2.68. The summed E-state index contributed by atoms with van der Waals surface area (Å²) in [6.45, 7) is 3.50. The molecule has 1 aromatic carbocycles. The molecule has 2 fully saturated rings. The van der Waals surface area contributed by atoms with Crippen LogP contribution in [0.2, 0.25) is 0 Å². The zero-order chi connectivity index (χ0) is 21.7. The molecule has 2 N–H and O–H groups in total. The molecule has 30 heavy (non-hydrogen) atoms. The van der Waals surface area contributed by atoms with Crippen molar-refractivity contribution in [2.24, 2.45) is 0 Å². The quantitative estimate of drug-likeness (QED) is 0.310. The van der Waals surface area contributed by atoms with Gasteiger partial charge in [0.2, 0.25) is 17.3 Å². The summed E-state index contributed by atoms with van der Waals surface area (Å²) in [5.41, 5.74) is -4.07. The van der Waals surface area contributed by atoms with Crippen molar-refractivity contribution in [2.75, 3.05) is 7.11 Å². The van der Waals surface area contributed by atoms with E-state index in [2.05, 4.69) is 5.32 Å². The van der Waals surface area contributed by atoms with Crippen molar-refractivity contribution in [3.8, 4) is 0 Å². The number of methoxy groups -OCH3 is 1. The summed E-state index contributed by atoms with van der Waals surface area (Å²) in [7, 11) is 1.18. The Bertz CT molecular complexity index is 969. The molecule has 5 atom stereocenters. The van der Waals surface area contributed by atoms with Gasteiger partial charge in [0.15, 0.2) is 6.10 Å². The van der Waals surface area contributed by atoms with Gasteiger partial charge in [-0.15, -0.1) is 0 Å². The van der Waals surface area contributed by atoms with Gasteiger partial charge in [0.05, 0.1) is 0 Å². The first-order valence-electron chi connectivity index (χ1n) is 9.75. The van der Waals surface area contributed by atoms with Crippen LogP contribution in [-0.2, 0) is 23.8 Å². The molecule has 3 aliphatic heterocycles. The molecule has 158 valence electrons. The molecule has 0 saturated carbocycles. The summed E-state index contributed by atoms with van der Waals surface area (Å²) in [4.78, 5) is 39.3. The topological polar surface area (TPSA) is 114 Å². The number of nitrogens with one attached hydrogen (secondary N) is 1. The number of amides is 1. The van der Waals surface area contributed by atoms with Crippen molar-refractivity contribution in [3.63, 3.8) is 0 Å². The summed E-state index contributed by atoms with van der Waals surface area (Å²) < 4.78 is 16.7. The van der Waals surface area contributed by atoms with E-state index in [0.29, 0.717) is 0 Å². The highest BCUT2D eigenvalue weighted by Crippen LogP contribution is 2.47. The molecular formula is C22H23NO7. The molecule has 8 heteroatoms. The van der Waals surface area contributed by atoms with Crippen molar-refractivity contribution in [2.45, 2.75) is 49.9 Å². The lowest BCUT2D eigenvalue weighted by atomic mass is 9.85. The van der Waals surface area contributed by atoms with Crippen molar-refractivity contribution in [3.05, 3.63) is 59.4 Å². The van der Waals surface area contributed by atoms with E-state index in [1.165, 1.54) is 26.2 Å². The van der Waals surface area contributed by atoms with Crippen LogP contribution in [0.15, 0.2) is 53.8 Å². The van der Waals surface area contributed by atoms with Crippen LogP contribution in [0.4, 0.5) is 0 Å². The Labute approximate surface area is 173 Å². The van der Waals surface area contributed by atoms with E-state index >= 15 is 0 Å². The normalized spacial score (nSPS) is 35.3. The van der Waals surface area contributed by atoms with E-state index in [1.54, 1.807) is 18.2 Å². The van der Waals surface area contributed by atoms with Crippen molar-refractivity contribution < 1.29 is 33.7 Å². The number of carbonyl (C=O) groups is 3. The maximum atomic E-state index is 13.2. The van der Waals surface area contributed by atoms with Crippen LogP contribution in [0, 0.1) is 0 Å². The minimum Gasteiger partial charge on any atom is -0.467 e. The number of allylic oxidation sites excluding steroid dienone is 1. The Morgan fingerprint density at radius 1 is 1.30 bits per heavy atom. The number of hydrogen-bond acceptors (Lipinski definition) is 7.